The highest BCUT2D eigenvalue weighted by molar-refractivity contribution is 9.09. The third kappa shape index (κ3) is 3.26. The number of rotatable bonds is 3. The normalized spacial score (nSPS) is 19.5. The van der Waals surface area contributed by atoms with Gasteiger partial charge in [0, 0.05) is 24.0 Å². The molecule has 1 aliphatic rings. The van der Waals surface area contributed by atoms with E-state index in [0.717, 1.165) is 37.1 Å². The molecule has 104 valence electrons. The maximum absolute atomic E-state index is 13.0. The average molecular weight is 330 g/mol. The predicted molar refractivity (Wildman–Crippen MR) is 75.2 cm³/mol. The van der Waals surface area contributed by atoms with Gasteiger partial charge in [0.25, 0.3) is 5.91 Å². The third-order valence-electron chi connectivity index (χ3n) is 3.52. The van der Waals surface area contributed by atoms with Crippen molar-refractivity contribution in [1.82, 2.24) is 4.90 Å². The van der Waals surface area contributed by atoms with Crippen molar-refractivity contribution < 1.29 is 14.3 Å². The van der Waals surface area contributed by atoms with Gasteiger partial charge in [0.1, 0.15) is 11.6 Å². The zero-order valence-electron chi connectivity index (χ0n) is 10.6. The minimum Gasteiger partial charge on any atom is -0.507 e. The molecule has 0 bridgehead atoms. The van der Waals surface area contributed by atoms with Crippen LogP contribution in [0, 0.1) is 5.82 Å². The number of halogens is 2. The van der Waals surface area contributed by atoms with Crippen LogP contribution in [0.4, 0.5) is 4.39 Å². The van der Waals surface area contributed by atoms with Gasteiger partial charge in [0.15, 0.2) is 0 Å². The van der Waals surface area contributed by atoms with Crippen LogP contribution in [-0.2, 0) is 0 Å². The Morgan fingerprint density at radius 3 is 2.95 bits per heavy atom. The molecule has 2 rings (SSSR count). The number of amides is 1. The molecule has 1 aliphatic heterocycles. The first-order valence-corrected chi connectivity index (χ1v) is 7.61. The van der Waals surface area contributed by atoms with Crippen molar-refractivity contribution in [1.29, 1.82) is 0 Å². The first-order valence-electron chi connectivity index (χ1n) is 6.49. The number of piperidine rings is 1. The molecule has 1 atom stereocenters. The zero-order chi connectivity index (χ0) is 13.8. The number of carbonyl (C=O) groups excluding carboxylic acids is 1. The average Bonchev–Trinajstić information content (AvgIpc) is 2.39. The number of benzene rings is 1. The SMILES string of the molecule is O=C(c1ccc(F)cc1O)N1CCCCC1CCBr. The summed E-state index contributed by atoms with van der Waals surface area (Å²) >= 11 is 3.40. The summed E-state index contributed by atoms with van der Waals surface area (Å²) < 4.78 is 13.0. The van der Waals surface area contributed by atoms with Crippen molar-refractivity contribution in [3.63, 3.8) is 0 Å². The van der Waals surface area contributed by atoms with Gasteiger partial charge in [0.05, 0.1) is 5.56 Å². The number of phenolic OH excluding ortho intramolecular Hbond substituents is 1. The molecule has 1 heterocycles. The standard InChI is InChI=1S/C14H17BrFNO2/c15-7-6-11-3-1-2-8-17(11)14(19)12-5-4-10(16)9-13(12)18/h4-5,9,11,18H,1-3,6-8H2. The molecule has 3 nitrogen and oxygen atoms in total. The largest absolute Gasteiger partial charge is 0.507 e. The highest BCUT2D eigenvalue weighted by Gasteiger charge is 2.28. The molecule has 19 heavy (non-hydrogen) atoms. The van der Waals surface area contributed by atoms with Gasteiger partial charge < -0.3 is 10.0 Å². The molecule has 1 saturated heterocycles. The van der Waals surface area contributed by atoms with Crippen LogP contribution in [-0.4, -0.2) is 33.8 Å². The maximum Gasteiger partial charge on any atom is 0.257 e. The lowest BCUT2D eigenvalue weighted by Gasteiger charge is -2.35. The van der Waals surface area contributed by atoms with Gasteiger partial charge in [-0.15, -0.1) is 0 Å². The van der Waals surface area contributed by atoms with Gasteiger partial charge in [-0.05, 0) is 37.8 Å². The van der Waals surface area contributed by atoms with E-state index in [1.165, 1.54) is 12.1 Å². The summed E-state index contributed by atoms with van der Waals surface area (Å²) in [5.74, 6) is -1.03. The molecule has 1 N–H and O–H groups in total. The lowest BCUT2D eigenvalue weighted by molar-refractivity contribution is 0.0607. The molecule has 1 fully saturated rings. The highest BCUT2D eigenvalue weighted by atomic mass is 79.9. The smallest absolute Gasteiger partial charge is 0.257 e. The molecule has 5 heteroatoms. The van der Waals surface area contributed by atoms with Crippen LogP contribution in [0.3, 0.4) is 0 Å². The number of alkyl halides is 1. The fraction of sp³-hybridized carbons (Fsp3) is 0.500. The Morgan fingerprint density at radius 1 is 1.47 bits per heavy atom. The number of phenols is 1. The fourth-order valence-corrected chi connectivity index (χ4v) is 3.06. The van der Waals surface area contributed by atoms with E-state index in [0.29, 0.717) is 6.54 Å². The van der Waals surface area contributed by atoms with Gasteiger partial charge in [-0.3, -0.25) is 4.79 Å². The Bertz CT molecular complexity index is 465. The van der Waals surface area contributed by atoms with Crippen LogP contribution in [0.5, 0.6) is 5.75 Å². The summed E-state index contributed by atoms with van der Waals surface area (Å²) in [6.45, 7) is 0.702. The van der Waals surface area contributed by atoms with Crippen molar-refractivity contribution in [2.24, 2.45) is 0 Å². The summed E-state index contributed by atoms with van der Waals surface area (Å²) in [5, 5.41) is 10.6. The van der Waals surface area contributed by atoms with E-state index in [-0.39, 0.29) is 23.3 Å². The van der Waals surface area contributed by atoms with E-state index < -0.39 is 5.82 Å². The second-order valence-electron chi connectivity index (χ2n) is 4.79. The van der Waals surface area contributed by atoms with Crippen LogP contribution in [0.25, 0.3) is 0 Å². The highest BCUT2D eigenvalue weighted by Crippen LogP contribution is 2.26. The van der Waals surface area contributed by atoms with E-state index in [1.807, 2.05) is 0 Å². The summed E-state index contributed by atoms with van der Waals surface area (Å²) in [5.41, 5.74) is 0.183. The Balaban J connectivity index is 2.21. The molecule has 0 saturated carbocycles. The lowest BCUT2D eigenvalue weighted by Crippen LogP contribution is -2.44. The molecule has 0 radical (unpaired) electrons. The molecular weight excluding hydrogens is 313 g/mol. The van der Waals surface area contributed by atoms with E-state index in [2.05, 4.69) is 15.9 Å². The summed E-state index contributed by atoms with van der Waals surface area (Å²) in [6.07, 6.45) is 3.98. The van der Waals surface area contributed by atoms with Crippen LogP contribution < -0.4 is 0 Å². The molecule has 0 aliphatic carbocycles. The molecular formula is C14H17BrFNO2. The Kier molecular flexibility index (Phi) is 4.80. The first kappa shape index (κ1) is 14.3. The van der Waals surface area contributed by atoms with Gasteiger partial charge in [-0.25, -0.2) is 4.39 Å². The number of carbonyl (C=O) groups is 1. The van der Waals surface area contributed by atoms with Crippen molar-refractivity contribution in [3.05, 3.63) is 29.6 Å². The minimum atomic E-state index is -0.537. The fourth-order valence-electron chi connectivity index (χ4n) is 2.53. The van der Waals surface area contributed by atoms with Crippen LogP contribution in [0.15, 0.2) is 18.2 Å². The lowest BCUT2D eigenvalue weighted by atomic mass is 9.98. The summed E-state index contributed by atoms with van der Waals surface area (Å²) in [6, 6.07) is 3.74. The monoisotopic (exact) mass is 329 g/mol. The molecule has 0 aromatic heterocycles. The Hall–Kier alpha value is -1.10. The second kappa shape index (κ2) is 6.37. The van der Waals surface area contributed by atoms with Crippen LogP contribution >= 0.6 is 15.9 Å². The Morgan fingerprint density at radius 2 is 2.26 bits per heavy atom. The molecule has 1 aromatic rings. The van der Waals surface area contributed by atoms with Gasteiger partial charge in [0.2, 0.25) is 0 Å². The second-order valence-corrected chi connectivity index (χ2v) is 5.58. The van der Waals surface area contributed by atoms with E-state index >= 15 is 0 Å². The maximum atomic E-state index is 13.0. The number of hydrogen-bond donors (Lipinski definition) is 1. The third-order valence-corrected chi connectivity index (χ3v) is 3.98. The topological polar surface area (TPSA) is 40.5 Å². The molecule has 1 unspecified atom stereocenters. The number of likely N-dealkylation sites (tertiary alicyclic amines) is 1. The van der Waals surface area contributed by atoms with E-state index in [9.17, 15) is 14.3 Å². The van der Waals surface area contributed by atoms with Crippen LogP contribution in [0.1, 0.15) is 36.0 Å². The van der Waals surface area contributed by atoms with Gasteiger partial charge >= 0.3 is 0 Å². The van der Waals surface area contributed by atoms with Crippen molar-refractivity contribution >= 4 is 21.8 Å². The van der Waals surface area contributed by atoms with Crippen molar-refractivity contribution in [3.8, 4) is 5.75 Å². The Labute approximate surface area is 120 Å². The molecule has 1 aromatic carbocycles. The molecule has 1 amide bonds. The van der Waals surface area contributed by atoms with E-state index in [1.54, 1.807) is 4.90 Å². The quantitative estimate of drug-likeness (QED) is 0.864. The first-order chi connectivity index (χ1) is 9.13. The minimum absolute atomic E-state index is 0.183. The van der Waals surface area contributed by atoms with Crippen molar-refractivity contribution in [2.75, 3.05) is 11.9 Å². The number of hydrogen-bond acceptors (Lipinski definition) is 2. The number of nitrogens with zero attached hydrogens (tertiary/aromatic N) is 1. The van der Waals surface area contributed by atoms with Crippen molar-refractivity contribution in [2.45, 2.75) is 31.7 Å². The summed E-state index contributed by atoms with van der Waals surface area (Å²) in [4.78, 5) is 14.2. The summed E-state index contributed by atoms with van der Waals surface area (Å²) in [7, 11) is 0. The zero-order valence-corrected chi connectivity index (χ0v) is 12.2. The number of aromatic hydroxyl groups is 1. The van der Waals surface area contributed by atoms with E-state index in [4.69, 9.17) is 0 Å². The van der Waals surface area contributed by atoms with Gasteiger partial charge in [-0.2, -0.15) is 0 Å². The van der Waals surface area contributed by atoms with Gasteiger partial charge in [-0.1, -0.05) is 15.9 Å². The predicted octanol–water partition coefficient (Wildman–Crippen LogP) is 3.31. The molecule has 0 spiro atoms. The van der Waals surface area contributed by atoms with Crippen LogP contribution in [0.2, 0.25) is 0 Å².